The van der Waals surface area contributed by atoms with E-state index in [9.17, 15) is 4.57 Å². The summed E-state index contributed by atoms with van der Waals surface area (Å²) in [6.07, 6.45) is 0. The molecule has 1 unspecified atom stereocenters. The topological polar surface area (TPSA) is 44.8 Å². The molecule has 1 atom stereocenters. The molecule has 0 N–H and O–H groups in total. The Bertz CT molecular complexity index is 160. The van der Waals surface area contributed by atoms with Gasteiger partial charge in [0.2, 0.25) is 0 Å². The fourth-order valence-electron chi connectivity index (χ4n) is 0.514. The van der Waals surface area contributed by atoms with Gasteiger partial charge in [0.25, 0.3) is 0 Å². The molecule has 11 heavy (non-hydrogen) atoms. The lowest BCUT2D eigenvalue weighted by Crippen LogP contribution is -2.17. The summed E-state index contributed by atoms with van der Waals surface area (Å²) in [5.41, 5.74) is 0. The van der Waals surface area contributed by atoms with E-state index in [0.29, 0.717) is 0 Å². The third-order valence-electron chi connectivity index (χ3n) is 1.23. The van der Waals surface area contributed by atoms with Crippen molar-refractivity contribution in [2.24, 2.45) is 0 Å². The molecule has 0 fully saturated rings. The lowest BCUT2D eigenvalue weighted by Gasteiger charge is -2.26. The van der Waals surface area contributed by atoms with Crippen molar-refractivity contribution in [2.75, 3.05) is 14.2 Å². The van der Waals surface area contributed by atoms with Crippen molar-refractivity contribution in [1.82, 2.24) is 0 Å². The maximum atomic E-state index is 11.6. The van der Waals surface area contributed by atoms with Crippen molar-refractivity contribution in [3.05, 3.63) is 0 Å². The van der Waals surface area contributed by atoms with Gasteiger partial charge in [0, 0.05) is 7.11 Å². The highest BCUT2D eigenvalue weighted by atomic mass is 31.2. The van der Waals surface area contributed by atoms with Crippen molar-refractivity contribution in [2.45, 2.75) is 25.9 Å². The molecule has 0 saturated heterocycles. The van der Waals surface area contributed by atoms with Crippen molar-refractivity contribution < 1.29 is 18.7 Å². The van der Waals surface area contributed by atoms with Crippen LogP contribution in [0.5, 0.6) is 0 Å². The van der Waals surface area contributed by atoms with E-state index in [1.165, 1.54) is 14.2 Å². The van der Waals surface area contributed by atoms with Crippen LogP contribution < -0.4 is 0 Å². The van der Waals surface area contributed by atoms with Crippen LogP contribution in [0.25, 0.3) is 0 Å². The predicted octanol–water partition coefficient (Wildman–Crippen LogP) is 2.20. The molecule has 0 radical (unpaired) electrons. The zero-order valence-corrected chi connectivity index (χ0v) is 8.47. The molecular formula is C6H15O4P. The summed E-state index contributed by atoms with van der Waals surface area (Å²) in [6, 6.07) is 0. The highest BCUT2D eigenvalue weighted by molar-refractivity contribution is 7.55. The first-order valence-electron chi connectivity index (χ1n) is 3.25. The fourth-order valence-corrected chi connectivity index (χ4v) is 1.54. The van der Waals surface area contributed by atoms with Crippen LogP contribution in [0.1, 0.15) is 20.8 Å². The van der Waals surface area contributed by atoms with Gasteiger partial charge in [0.1, 0.15) is 0 Å². The molecule has 4 nitrogen and oxygen atoms in total. The summed E-state index contributed by atoms with van der Waals surface area (Å²) in [5.74, 6) is 0. The molecule has 0 rings (SSSR count). The molecule has 0 spiro atoms. The monoisotopic (exact) mass is 182 g/mol. The van der Waals surface area contributed by atoms with Crippen LogP contribution in [0.15, 0.2) is 0 Å². The van der Waals surface area contributed by atoms with Crippen LogP contribution in [-0.2, 0) is 18.7 Å². The summed E-state index contributed by atoms with van der Waals surface area (Å²) in [5, 5.41) is -0.558. The molecular weight excluding hydrogens is 167 g/mol. The van der Waals surface area contributed by atoms with Crippen molar-refractivity contribution in [3.63, 3.8) is 0 Å². The van der Waals surface area contributed by atoms with Gasteiger partial charge >= 0.3 is 7.60 Å². The van der Waals surface area contributed by atoms with Crippen LogP contribution in [0, 0.1) is 0 Å². The third-order valence-corrected chi connectivity index (χ3v) is 3.70. The molecule has 0 aliphatic carbocycles. The molecule has 0 heterocycles. The van der Waals surface area contributed by atoms with Gasteiger partial charge in [-0.05, 0) is 20.8 Å². The average molecular weight is 182 g/mol. The van der Waals surface area contributed by atoms with Gasteiger partial charge in [0.05, 0.1) is 12.3 Å². The Morgan fingerprint density at radius 2 is 1.64 bits per heavy atom. The first-order chi connectivity index (χ1) is 4.87. The lowest BCUT2D eigenvalue weighted by atomic mass is 10.3. The van der Waals surface area contributed by atoms with E-state index in [2.05, 4.69) is 9.56 Å². The van der Waals surface area contributed by atoms with Gasteiger partial charge < -0.3 is 4.52 Å². The van der Waals surface area contributed by atoms with Crippen molar-refractivity contribution in [1.29, 1.82) is 0 Å². The highest BCUT2D eigenvalue weighted by Gasteiger charge is 2.39. The van der Waals surface area contributed by atoms with Crippen LogP contribution in [0.4, 0.5) is 0 Å². The predicted molar refractivity (Wildman–Crippen MR) is 42.5 cm³/mol. The van der Waals surface area contributed by atoms with E-state index in [0.717, 1.165) is 0 Å². The lowest BCUT2D eigenvalue weighted by molar-refractivity contribution is -0.188. The van der Waals surface area contributed by atoms with E-state index >= 15 is 0 Å². The molecule has 0 aliphatic heterocycles. The molecule has 0 aliphatic rings. The Kier molecular flexibility index (Phi) is 3.71. The highest BCUT2D eigenvalue weighted by Crippen LogP contribution is 2.58. The minimum atomic E-state index is -3.11. The molecule has 0 aromatic heterocycles. The van der Waals surface area contributed by atoms with Gasteiger partial charge in [-0.1, -0.05) is 0 Å². The third kappa shape index (κ3) is 2.56. The standard InChI is InChI=1S/C6H15O4P/c1-6(2,3)11(7,9-5)10-8-4/h1-5H3. The Balaban J connectivity index is 4.48. The number of hydrogen-bond acceptors (Lipinski definition) is 4. The minimum absolute atomic E-state index is 0.558. The summed E-state index contributed by atoms with van der Waals surface area (Å²) in [7, 11) is -0.465. The number of hydrogen-bond donors (Lipinski definition) is 0. The largest absolute Gasteiger partial charge is 0.362 e. The van der Waals surface area contributed by atoms with E-state index in [1.54, 1.807) is 20.8 Å². The fraction of sp³-hybridized carbons (Fsp3) is 1.00. The summed E-state index contributed by atoms with van der Waals surface area (Å²) in [4.78, 5) is 4.34. The molecule has 0 saturated carbocycles. The second kappa shape index (κ2) is 3.68. The van der Waals surface area contributed by atoms with Crippen molar-refractivity contribution >= 4 is 7.60 Å². The van der Waals surface area contributed by atoms with Gasteiger partial charge in [-0.3, -0.25) is 4.57 Å². The Morgan fingerprint density at radius 1 is 1.18 bits per heavy atom. The molecule has 0 amide bonds. The Morgan fingerprint density at radius 3 is 1.73 bits per heavy atom. The summed E-state index contributed by atoms with van der Waals surface area (Å²) < 4.78 is 21.0. The summed E-state index contributed by atoms with van der Waals surface area (Å²) in [6.45, 7) is 5.28. The Hall–Kier alpha value is 0.110. The van der Waals surface area contributed by atoms with E-state index in [4.69, 9.17) is 4.52 Å². The van der Waals surface area contributed by atoms with Crippen LogP contribution in [-0.4, -0.2) is 19.4 Å². The normalized spacial score (nSPS) is 17.9. The molecule has 68 valence electrons. The smallest absolute Gasteiger partial charge is 0.310 e. The molecule has 0 bridgehead atoms. The zero-order valence-electron chi connectivity index (χ0n) is 7.58. The zero-order chi connectivity index (χ0) is 9.12. The van der Waals surface area contributed by atoms with Gasteiger partial charge in [-0.15, -0.1) is 4.67 Å². The van der Waals surface area contributed by atoms with E-state index < -0.39 is 12.8 Å². The second-order valence-corrected chi connectivity index (χ2v) is 5.94. The first kappa shape index (κ1) is 11.1. The maximum Gasteiger partial charge on any atom is 0.362 e. The van der Waals surface area contributed by atoms with E-state index in [1.807, 2.05) is 0 Å². The first-order valence-corrected chi connectivity index (χ1v) is 4.80. The molecule has 0 aromatic carbocycles. The quantitative estimate of drug-likeness (QED) is 0.381. The van der Waals surface area contributed by atoms with E-state index in [-0.39, 0.29) is 0 Å². The van der Waals surface area contributed by atoms with Crippen LogP contribution in [0.2, 0.25) is 0 Å². The van der Waals surface area contributed by atoms with Crippen LogP contribution >= 0.6 is 7.60 Å². The van der Waals surface area contributed by atoms with Gasteiger partial charge in [-0.2, -0.15) is 0 Å². The molecule has 5 heteroatoms. The number of rotatable bonds is 3. The van der Waals surface area contributed by atoms with Gasteiger partial charge in [0.15, 0.2) is 0 Å². The van der Waals surface area contributed by atoms with Crippen molar-refractivity contribution in [3.8, 4) is 0 Å². The van der Waals surface area contributed by atoms with Crippen LogP contribution in [0.3, 0.4) is 0 Å². The maximum absolute atomic E-state index is 11.6. The summed E-state index contributed by atoms with van der Waals surface area (Å²) >= 11 is 0. The Labute approximate surface area is 67.3 Å². The molecule has 0 aromatic rings. The SMILES string of the molecule is COOP(=O)(OC)C(C)(C)C. The van der Waals surface area contributed by atoms with Gasteiger partial charge in [-0.25, -0.2) is 4.89 Å². The second-order valence-electron chi connectivity index (χ2n) is 3.09. The minimum Gasteiger partial charge on any atom is -0.310 e. The average Bonchev–Trinajstić information content (AvgIpc) is 1.86.